The van der Waals surface area contributed by atoms with Crippen LogP contribution in [-0.4, -0.2) is 84.2 Å². The summed E-state index contributed by atoms with van der Waals surface area (Å²) in [6, 6.07) is -0.833. The average Bonchev–Trinajstić information content (AvgIpc) is 1.54. The van der Waals surface area contributed by atoms with Gasteiger partial charge in [0.1, 0.15) is 0 Å². The number of hydrogen-bond acceptors (Lipinski definition) is 6. The van der Waals surface area contributed by atoms with Gasteiger partial charge in [-0.1, -0.05) is 0 Å². The van der Waals surface area contributed by atoms with Gasteiger partial charge < -0.3 is 47.0 Å². The molecule has 0 aromatic heterocycles. The summed E-state index contributed by atoms with van der Waals surface area (Å²) in [4.78, 5) is 25.8. The van der Waals surface area contributed by atoms with E-state index < -0.39 is 18.3 Å². The van der Waals surface area contributed by atoms with Crippen molar-refractivity contribution in [3.63, 3.8) is 0 Å². The van der Waals surface area contributed by atoms with Crippen LogP contribution < -0.4 is 56.3 Å². The third kappa shape index (κ3) is 4440. The van der Waals surface area contributed by atoms with E-state index in [9.17, 15) is 0 Å². The standard InChI is InChI=1S/CH4N2O.2CH2O3.Ca.Mg.Na.O/c3*2-1(3)4;;;;/h(H4,2,3,4);2*(H2,2,3,4);;;;/q;;;2*+2;+1;-2/p-3. The molecule has 0 radical (unpaired) electrons. The fourth-order valence-electron chi connectivity index (χ4n) is 0. The first kappa shape index (κ1) is 43.7. The second kappa shape index (κ2) is 36.0. The van der Waals surface area contributed by atoms with Gasteiger partial charge in [0, 0.05) is 0 Å². The summed E-state index contributed by atoms with van der Waals surface area (Å²) >= 11 is 0. The fraction of sp³-hybridized carbons (Fsp3) is 0. The monoisotopic (exact) mass is 284 g/mol. The van der Waals surface area contributed by atoms with Crippen molar-refractivity contribution < 1.29 is 69.8 Å². The number of carboxylic acid groups (broad SMARTS) is 4. The van der Waals surface area contributed by atoms with Crippen LogP contribution in [0.4, 0.5) is 14.4 Å². The van der Waals surface area contributed by atoms with Crippen molar-refractivity contribution in [1.82, 2.24) is 0 Å². The summed E-state index contributed by atoms with van der Waals surface area (Å²) in [5, 5.41) is 32.0. The van der Waals surface area contributed by atoms with Crippen molar-refractivity contribution in [2.75, 3.05) is 0 Å². The number of carbonyl (C=O) groups is 3. The molecule has 0 aromatic rings. The quantitative estimate of drug-likeness (QED) is 0.364. The van der Waals surface area contributed by atoms with E-state index in [0.717, 1.165) is 0 Å². The molecule has 0 unspecified atom stereocenters. The van der Waals surface area contributed by atoms with Gasteiger partial charge >= 0.3 is 96.4 Å². The molecule has 10 nitrogen and oxygen atoms in total. The number of primary amides is 2. The molecule has 0 saturated heterocycles. The van der Waals surface area contributed by atoms with Crippen LogP contribution in [0.25, 0.3) is 0 Å². The number of nitrogens with two attached hydrogens (primary N) is 2. The normalized spacial score (nSPS) is 4.50. The van der Waals surface area contributed by atoms with E-state index in [1.54, 1.807) is 0 Å². The Morgan fingerprint density at radius 1 is 1.00 bits per heavy atom. The first-order valence-electron chi connectivity index (χ1n) is 2.03. The zero-order valence-electron chi connectivity index (χ0n) is 8.37. The first-order valence-corrected chi connectivity index (χ1v) is 2.03. The summed E-state index contributed by atoms with van der Waals surface area (Å²) in [5.41, 5.74) is 8.50. The molecular formula is C3H5CaMgN2NaO8. The van der Waals surface area contributed by atoms with E-state index in [-0.39, 0.29) is 95.8 Å². The van der Waals surface area contributed by atoms with Crippen molar-refractivity contribution in [3.05, 3.63) is 0 Å². The molecule has 0 spiro atoms. The first-order chi connectivity index (χ1) is 5.20. The Balaban J connectivity index is -0.0000000135. The molecule has 0 heterocycles. The van der Waals surface area contributed by atoms with Crippen LogP contribution in [0.5, 0.6) is 0 Å². The molecule has 2 amide bonds. The van der Waals surface area contributed by atoms with E-state index in [2.05, 4.69) is 11.5 Å². The van der Waals surface area contributed by atoms with Crippen LogP contribution in [0.3, 0.4) is 0 Å². The maximum Gasteiger partial charge on any atom is 2.00 e. The zero-order chi connectivity index (χ0) is 10.7. The van der Waals surface area contributed by atoms with Crippen molar-refractivity contribution in [3.8, 4) is 0 Å². The van der Waals surface area contributed by atoms with Gasteiger partial charge in [-0.25, -0.2) is 4.79 Å². The predicted octanol–water partition coefficient (Wildman–Crippen LogP) is -8.41. The molecule has 80 valence electrons. The summed E-state index contributed by atoms with van der Waals surface area (Å²) in [5.74, 6) is 0. The Morgan fingerprint density at radius 3 is 1.00 bits per heavy atom. The van der Waals surface area contributed by atoms with E-state index >= 15 is 0 Å². The number of carbonyl (C=O) groups excluding carboxylic acids is 2. The van der Waals surface area contributed by atoms with Gasteiger partial charge in [0.15, 0.2) is 0 Å². The second-order valence-electron chi connectivity index (χ2n) is 0.918. The molecule has 16 heavy (non-hydrogen) atoms. The topological polar surface area (TPSA) is 221 Å². The maximum atomic E-state index is 9.00. The van der Waals surface area contributed by atoms with Crippen molar-refractivity contribution >= 4 is 79.1 Å². The van der Waals surface area contributed by atoms with Gasteiger partial charge in [0.05, 0.1) is 0 Å². The average molecular weight is 284 g/mol. The summed E-state index contributed by atoms with van der Waals surface area (Å²) < 4.78 is 0. The number of amides is 2. The van der Waals surface area contributed by atoms with Gasteiger partial charge in [-0.3, -0.25) is 0 Å². The Bertz CT molecular complexity index is 131. The largest absolute Gasteiger partial charge is 2.00 e. The van der Waals surface area contributed by atoms with Crippen LogP contribution in [0.15, 0.2) is 0 Å². The van der Waals surface area contributed by atoms with Crippen LogP contribution in [0.2, 0.25) is 0 Å². The predicted molar refractivity (Wildman–Crippen MR) is 39.4 cm³/mol. The van der Waals surface area contributed by atoms with Crippen LogP contribution in [0.1, 0.15) is 0 Å². The fourth-order valence-corrected chi connectivity index (χ4v) is 0. The van der Waals surface area contributed by atoms with Gasteiger partial charge in [0.2, 0.25) is 6.16 Å². The van der Waals surface area contributed by atoms with Crippen LogP contribution in [0, 0.1) is 0 Å². The Hall–Kier alpha value is 0.796. The van der Waals surface area contributed by atoms with Crippen molar-refractivity contribution in [1.29, 1.82) is 0 Å². The number of rotatable bonds is 0. The SMILES string of the molecule is NC(N)=O.O=C([O-])O.O=C([O-])[O-].[Ca+2].[Mg+2].[Na+].[O-2]. The Labute approximate surface area is 158 Å². The van der Waals surface area contributed by atoms with Gasteiger partial charge in [-0.15, -0.1) is 0 Å². The summed E-state index contributed by atoms with van der Waals surface area (Å²) in [7, 11) is 0. The van der Waals surface area contributed by atoms with Crippen molar-refractivity contribution in [2.24, 2.45) is 11.5 Å². The van der Waals surface area contributed by atoms with E-state index in [1.165, 1.54) is 0 Å². The summed E-state index contributed by atoms with van der Waals surface area (Å²) in [6.45, 7) is 0. The molecule has 0 rings (SSSR count). The van der Waals surface area contributed by atoms with E-state index in [1.807, 2.05) is 0 Å². The molecule has 0 aliphatic heterocycles. The third-order valence-electron chi connectivity index (χ3n) is 0. The second-order valence-corrected chi connectivity index (χ2v) is 0.918. The van der Waals surface area contributed by atoms with Gasteiger partial charge in [0.25, 0.3) is 0 Å². The van der Waals surface area contributed by atoms with Gasteiger partial charge in [-0.05, 0) is 6.16 Å². The molecule has 0 saturated carbocycles. The van der Waals surface area contributed by atoms with E-state index in [0.29, 0.717) is 0 Å². The molecule has 0 aliphatic carbocycles. The molecule has 13 heteroatoms. The molecule has 5 N–H and O–H groups in total. The van der Waals surface area contributed by atoms with Crippen LogP contribution in [-0.2, 0) is 5.48 Å². The zero-order valence-corrected chi connectivity index (χ0v) is 14.0. The van der Waals surface area contributed by atoms with Crippen LogP contribution >= 0.6 is 0 Å². The number of urea groups is 1. The third-order valence-corrected chi connectivity index (χ3v) is 0. The Morgan fingerprint density at radius 2 is 1.00 bits per heavy atom. The minimum atomic E-state index is -2.33. The van der Waals surface area contributed by atoms with Gasteiger partial charge in [-0.2, -0.15) is 0 Å². The minimum absolute atomic E-state index is 0. The molecule has 0 fully saturated rings. The minimum Gasteiger partial charge on any atom is -2.00 e. The Kier molecular flexibility index (Phi) is 98.4. The molecule has 0 bridgehead atoms. The summed E-state index contributed by atoms with van der Waals surface area (Å²) in [6.07, 6.45) is -4.42. The molecule has 0 aromatic carbocycles. The smallest absolute Gasteiger partial charge is 2.00 e. The molecular weight excluding hydrogens is 279 g/mol. The molecule has 0 atom stereocenters. The number of hydrogen-bond donors (Lipinski definition) is 3. The maximum absolute atomic E-state index is 9.00. The van der Waals surface area contributed by atoms with Crippen molar-refractivity contribution in [2.45, 2.75) is 0 Å². The van der Waals surface area contributed by atoms with E-state index in [4.69, 9.17) is 34.8 Å². The molecule has 0 aliphatic rings.